The number of aromatic nitrogens is 2. The maximum absolute atomic E-state index is 13.5. The molecule has 1 heterocycles. The van der Waals surface area contributed by atoms with Crippen molar-refractivity contribution in [3.05, 3.63) is 80.7 Å². The van der Waals surface area contributed by atoms with Gasteiger partial charge in [0, 0.05) is 25.1 Å². The molecule has 1 aromatic heterocycles. The molecule has 2 aromatic carbocycles. The van der Waals surface area contributed by atoms with E-state index in [0.29, 0.717) is 16.5 Å². The van der Waals surface area contributed by atoms with Crippen LogP contribution >= 0.6 is 0 Å². The van der Waals surface area contributed by atoms with Crippen LogP contribution in [0.25, 0.3) is 10.9 Å². The van der Waals surface area contributed by atoms with Crippen molar-refractivity contribution >= 4 is 16.8 Å². The normalized spacial score (nSPS) is 10.8. The molecule has 0 saturated carbocycles. The van der Waals surface area contributed by atoms with Crippen molar-refractivity contribution in [2.24, 2.45) is 0 Å². The third-order valence-corrected chi connectivity index (χ3v) is 3.90. The monoisotopic (exact) mass is 341 g/mol. The van der Waals surface area contributed by atoms with Crippen molar-refractivity contribution in [1.82, 2.24) is 14.9 Å². The summed E-state index contributed by atoms with van der Waals surface area (Å²) in [5.74, 6) is -0.698. The highest BCUT2D eigenvalue weighted by molar-refractivity contribution is 5.78. The topological polar surface area (TPSA) is 84.0 Å². The van der Waals surface area contributed by atoms with Crippen molar-refractivity contribution < 1.29 is 9.18 Å². The lowest BCUT2D eigenvalue weighted by Gasteiger charge is -2.10. The number of rotatable bonds is 5. The summed E-state index contributed by atoms with van der Waals surface area (Å²) in [7, 11) is 0. The standard InChI is InChI=1S/C18H16FN3O3/c19-14-7-3-1-5-12(14)11-20-16(23)9-10-22-15-8-4-2-6-13(15)17(24)21-18(22)25/h1-8H,9-11H2,(H,20,23)(H,21,24,25). The molecule has 25 heavy (non-hydrogen) atoms. The Morgan fingerprint density at radius 1 is 1.08 bits per heavy atom. The number of carbonyl (C=O) groups is 1. The van der Waals surface area contributed by atoms with E-state index in [4.69, 9.17) is 0 Å². The van der Waals surface area contributed by atoms with Crippen molar-refractivity contribution in [2.75, 3.05) is 0 Å². The SMILES string of the molecule is O=C(CCn1c(=O)[nH]c(=O)c2ccccc21)NCc1ccccc1F. The molecule has 0 aliphatic rings. The molecule has 0 fully saturated rings. The van der Waals surface area contributed by atoms with E-state index in [0.717, 1.165) is 0 Å². The molecular weight excluding hydrogens is 325 g/mol. The van der Waals surface area contributed by atoms with Gasteiger partial charge in [-0.15, -0.1) is 0 Å². The number of fused-ring (bicyclic) bond motifs is 1. The predicted octanol–water partition coefficient (Wildman–Crippen LogP) is 1.54. The summed E-state index contributed by atoms with van der Waals surface area (Å²) in [4.78, 5) is 38.0. The quantitative estimate of drug-likeness (QED) is 0.738. The van der Waals surface area contributed by atoms with E-state index >= 15 is 0 Å². The number of aryl methyl sites for hydroxylation is 1. The number of aromatic amines is 1. The van der Waals surface area contributed by atoms with Crippen molar-refractivity contribution in [3.8, 4) is 0 Å². The van der Waals surface area contributed by atoms with Gasteiger partial charge in [-0.25, -0.2) is 9.18 Å². The molecule has 1 amide bonds. The van der Waals surface area contributed by atoms with Crippen molar-refractivity contribution in [1.29, 1.82) is 0 Å². The number of hydrogen-bond acceptors (Lipinski definition) is 3. The van der Waals surface area contributed by atoms with Crippen molar-refractivity contribution in [2.45, 2.75) is 19.5 Å². The summed E-state index contributed by atoms with van der Waals surface area (Å²) in [5.41, 5.74) is -0.160. The van der Waals surface area contributed by atoms with Gasteiger partial charge in [-0.2, -0.15) is 0 Å². The van der Waals surface area contributed by atoms with Gasteiger partial charge in [-0.1, -0.05) is 30.3 Å². The van der Waals surface area contributed by atoms with Gasteiger partial charge in [-0.3, -0.25) is 19.1 Å². The number of hydrogen-bond donors (Lipinski definition) is 2. The van der Waals surface area contributed by atoms with Crippen LogP contribution in [0.3, 0.4) is 0 Å². The lowest BCUT2D eigenvalue weighted by atomic mass is 10.2. The van der Waals surface area contributed by atoms with Crippen LogP contribution in [0.1, 0.15) is 12.0 Å². The lowest BCUT2D eigenvalue weighted by Crippen LogP contribution is -2.32. The van der Waals surface area contributed by atoms with Crippen LogP contribution in [0.5, 0.6) is 0 Å². The number of amides is 1. The highest BCUT2D eigenvalue weighted by atomic mass is 19.1. The molecule has 7 heteroatoms. The first-order valence-electron chi connectivity index (χ1n) is 7.78. The number of nitrogens with zero attached hydrogens (tertiary/aromatic N) is 1. The molecule has 0 saturated heterocycles. The van der Waals surface area contributed by atoms with Crippen LogP contribution in [0.2, 0.25) is 0 Å². The molecule has 128 valence electrons. The molecule has 0 aliphatic carbocycles. The Hall–Kier alpha value is -3.22. The van der Waals surface area contributed by atoms with E-state index in [1.54, 1.807) is 42.5 Å². The molecule has 0 bridgehead atoms. The summed E-state index contributed by atoms with van der Waals surface area (Å²) in [6.45, 7) is 0.187. The van der Waals surface area contributed by atoms with Gasteiger partial charge < -0.3 is 5.32 Å². The molecule has 0 unspecified atom stereocenters. The summed E-state index contributed by atoms with van der Waals surface area (Å²) in [6, 6.07) is 12.9. The van der Waals surface area contributed by atoms with Gasteiger partial charge >= 0.3 is 5.69 Å². The van der Waals surface area contributed by atoms with E-state index in [2.05, 4.69) is 10.3 Å². The first kappa shape index (κ1) is 16.6. The minimum Gasteiger partial charge on any atom is -0.352 e. The third-order valence-electron chi connectivity index (χ3n) is 3.90. The minimum atomic E-state index is -0.564. The highest BCUT2D eigenvalue weighted by Gasteiger charge is 2.09. The van der Waals surface area contributed by atoms with Crippen LogP contribution in [0.4, 0.5) is 4.39 Å². The Morgan fingerprint density at radius 2 is 1.80 bits per heavy atom. The number of H-pyrrole nitrogens is 1. The van der Waals surface area contributed by atoms with Crippen molar-refractivity contribution in [3.63, 3.8) is 0 Å². The van der Waals surface area contributed by atoms with E-state index < -0.39 is 11.2 Å². The number of carbonyl (C=O) groups excluding carboxylic acids is 1. The Bertz CT molecular complexity index is 1040. The molecule has 0 spiro atoms. The van der Waals surface area contributed by atoms with E-state index in [-0.39, 0.29) is 31.2 Å². The fourth-order valence-electron chi connectivity index (χ4n) is 2.60. The zero-order chi connectivity index (χ0) is 17.8. The summed E-state index contributed by atoms with van der Waals surface area (Å²) >= 11 is 0. The number of para-hydroxylation sites is 1. The van der Waals surface area contributed by atoms with Crippen LogP contribution in [0, 0.1) is 5.82 Å². The molecule has 3 aromatic rings. The third kappa shape index (κ3) is 3.65. The second-order valence-electron chi connectivity index (χ2n) is 5.55. The fraction of sp³-hybridized carbons (Fsp3) is 0.167. The molecule has 2 N–H and O–H groups in total. The van der Waals surface area contributed by atoms with Gasteiger partial charge in [-0.05, 0) is 18.2 Å². The van der Waals surface area contributed by atoms with Crippen LogP contribution in [-0.2, 0) is 17.9 Å². The first-order valence-corrected chi connectivity index (χ1v) is 7.78. The number of halogens is 1. The second kappa shape index (κ2) is 7.12. The zero-order valence-corrected chi connectivity index (χ0v) is 13.3. The molecular formula is C18H16FN3O3. The largest absolute Gasteiger partial charge is 0.352 e. The minimum absolute atomic E-state index is 0.0321. The molecule has 0 radical (unpaired) electrons. The number of benzene rings is 2. The zero-order valence-electron chi connectivity index (χ0n) is 13.3. The van der Waals surface area contributed by atoms with E-state index in [1.165, 1.54) is 10.6 Å². The smallest absolute Gasteiger partial charge is 0.328 e. The summed E-state index contributed by atoms with van der Waals surface area (Å²) in [5, 5.41) is 3.01. The average molecular weight is 341 g/mol. The molecule has 0 aliphatic heterocycles. The van der Waals surface area contributed by atoms with E-state index in [1.807, 2.05) is 0 Å². The Morgan fingerprint density at radius 3 is 2.60 bits per heavy atom. The fourth-order valence-corrected chi connectivity index (χ4v) is 2.60. The highest BCUT2D eigenvalue weighted by Crippen LogP contribution is 2.08. The lowest BCUT2D eigenvalue weighted by molar-refractivity contribution is -0.121. The first-order chi connectivity index (χ1) is 12.1. The Labute approximate surface area is 141 Å². The van der Waals surface area contributed by atoms with Crippen LogP contribution in [0.15, 0.2) is 58.1 Å². The van der Waals surface area contributed by atoms with Gasteiger partial charge in [0.15, 0.2) is 0 Å². The molecule has 6 nitrogen and oxygen atoms in total. The van der Waals surface area contributed by atoms with Gasteiger partial charge in [0.25, 0.3) is 5.56 Å². The maximum atomic E-state index is 13.5. The van der Waals surface area contributed by atoms with Crippen LogP contribution in [-0.4, -0.2) is 15.5 Å². The maximum Gasteiger partial charge on any atom is 0.328 e. The average Bonchev–Trinajstić information content (AvgIpc) is 2.61. The summed E-state index contributed by atoms with van der Waals surface area (Å²) in [6.07, 6.45) is 0.0321. The van der Waals surface area contributed by atoms with Gasteiger partial charge in [0.2, 0.25) is 5.91 Å². The van der Waals surface area contributed by atoms with Crippen LogP contribution < -0.4 is 16.6 Å². The van der Waals surface area contributed by atoms with Gasteiger partial charge in [0.1, 0.15) is 5.82 Å². The Balaban J connectivity index is 1.71. The van der Waals surface area contributed by atoms with Gasteiger partial charge in [0.05, 0.1) is 10.9 Å². The number of nitrogens with one attached hydrogen (secondary N) is 2. The van der Waals surface area contributed by atoms with E-state index in [9.17, 15) is 18.8 Å². The molecule has 0 atom stereocenters. The predicted molar refractivity (Wildman–Crippen MR) is 91.7 cm³/mol. The second-order valence-corrected chi connectivity index (χ2v) is 5.55. The summed E-state index contributed by atoms with van der Waals surface area (Å²) < 4.78 is 14.9. The Kier molecular flexibility index (Phi) is 4.74. The molecule has 3 rings (SSSR count).